The quantitative estimate of drug-likeness (QED) is 0.595. The van der Waals surface area contributed by atoms with E-state index in [-0.39, 0.29) is 11.9 Å². The van der Waals surface area contributed by atoms with Crippen LogP contribution in [0.5, 0.6) is 0 Å². The second-order valence-corrected chi connectivity index (χ2v) is 10.3. The van der Waals surface area contributed by atoms with Crippen LogP contribution in [-0.4, -0.2) is 47.5 Å². The summed E-state index contributed by atoms with van der Waals surface area (Å²) in [4.78, 5) is 13.0. The second kappa shape index (κ2) is 9.44. The highest BCUT2D eigenvalue weighted by Gasteiger charge is 2.30. The van der Waals surface area contributed by atoms with Gasteiger partial charge >= 0.3 is 0 Å². The zero-order chi connectivity index (χ0) is 22.7. The number of carbonyl (C=O) groups excluding carboxylic acids is 1. The van der Waals surface area contributed by atoms with E-state index in [9.17, 15) is 13.2 Å². The molecule has 7 nitrogen and oxygen atoms in total. The number of piperidine rings is 1. The minimum atomic E-state index is -3.52. The number of aryl methyl sites for hydroxylation is 1. The summed E-state index contributed by atoms with van der Waals surface area (Å²) in [7, 11) is -3.52. The molecule has 0 unspecified atom stereocenters. The Bertz CT molecular complexity index is 1200. The maximum atomic E-state index is 12.8. The molecule has 1 saturated heterocycles. The van der Waals surface area contributed by atoms with Gasteiger partial charge in [0, 0.05) is 30.4 Å². The first kappa shape index (κ1) is 22.5. The van der Waals surface area contributed by atoms with Crippen LogP contribution in [0.2, 0.25) is 5.02 Å². The summed E-state index contributed by atoms with van der Waals surface area (Å²) < 4.78 is 28.8. The summed E-state index contributed by atoms with van der Waals surface area (Å²) in [6.45, 7) is 3.13. The van der Waals surface area contributed by atoms with Gasteiger partial charge in [-0.3, -0.25) is 9.48 Å². The van der Waals surface area contributed by atoms with E-state index in [0.717, 1.165) is 11.1 Å². The molecule has 0 atom stereocenters. The molecule has 1 amide bonds. The van der Waals surface area contributed by atoms with Gasteiger partial charge in [0.25, 0.3) is 5.91 Å². The van der Waals surface area contributed by atoms with Gasteiger partial charge < -0.3 is 5.32 Å². The van der Waals surface area contributed by atoms with Crippen LogP contribution in [0.1, 0.15) is 34.3 Å². The summed E-state index contributed by atoms with van der Waals surface area (Å²) >= 11 is 6.19. The number of halogens is 1. The standard InChI is InChI=1S/C23H25ClN4O3S/c1-17-6-8-21(9-7-17)32(30,31)28-12-10-20(11-13-28)26-23(29)19-14-25-27(16-19)15-18-4-2-3-5-22(18)24/h2-9,14,16,20H,10-13,15H2,1H3,(H,26,29). The lowest BCUT2D eigenvalue weighted by molar-refractivity contribution is 0.0923. The van der Waals surface area contributed by atoms with E-state index in [0.29, 0.717) is 48.0 Å². The number of hydrogen-bond acceptors (Lipinski definition) is 4. The van der Waals surface area contributed by atoms with Crippen molar-refractivity contribution in [1.82, 2.24) is 19.4 Å². The lowest BCUT2D eigenvalue weighted by Gasteiger charge is -2.31. The zero-order valence-electron chi connectivity index (χ0n) is 17.7. The Labute approximate surface area is 193 Å². The molecule has 3 aromatic rings. The minimum Gasteiger partial charge on any atom is -0.349 e. The molecule has 1 fully saturated rings. The van der Waals surface area contributed by atoms with Crippen molar-refractivity contribution in [2.75, 3.05) is 13.1 Å². The van der Waals surface area contributed by atoms with Crippen molar-refractivity contribution in [3.05, 3.63) is 82.6 Å². The molecule has 2 heterocycles. The smallest absolute Gasteiger partial charge is 0.254 e. The summed E-state index contributed by atoms with van der Waals surface area (Å²) in [5, 5.41) is 7.92. The highest BCUT2D eigenvalue weighted by atomic mass is 35.5. The van der Waals surface area contributed by atoms with E-state index in [1.165, 1.54) is 10.5 Å². The molecule has 0 saturated carbocycles. The highest BCUT2D eigenvalue weighted by Crippen LogP contribution is 2.21. The number of aromatic nitrogens is 2. The largest absolute Gasteiger partial charge is 0.349 e. The third-order valence-electron chi connectivity index (χ3n) is 5.63. The van der Waals surface area contributed by atoms with Gasteiger partial charge in [0.15, 0.2) is 0 Å². The molecule has 9 heteroatoms. The molecule has 1 aromatic heterocycles. The Morgan fingerprint density at radius 2 is 1.81 bits per heavy atom. The maximum Gasteiger partial charge on any atom is 0.254 e. The number of nitrogens with zero attached hydrogens (tertiary/aromatic N) is 3. The van der Waals surface area contributed by atoms with Crippen LogP contribution in [-0.2, 0) is 16.6 Å². The molecule has 32 heavy (non-hydrogen) atoms. The zero-order valence-corrected chi connectivity index (χ0v) is 19.3. The molecule has 1 aliphatic heterocycles. The summed E-state index contributed by atoms with van der Waals surface area (Å²) in [6.07, 6.45) is 4.34. The molecule has 0 bridgehead atoms. The Hall–Kier alpha value is -2.68. The van der Waals surface area contributed by atoms with Crippen molar-refractivity contribution in [3.8, 4) is 0 Å². The van der Waals surface area contributed by atoms with Crippen LogP contribution in [0, 0.1) is 6.92 Å². The van der Waals surface area contributed by atoms with Gasteiger partial charge in [0.1, 0.15) is 0 Å². The monoisotopic (exact) mass is 472 g/mol. The van der Waals surface area contributed by atoms with Crippen LogP contribution < -0.4 is 5.32 Å². The fourth-order valence-corrected chi connectivity index (χ4v) is 5.40. The number of benzene rings is 2. The number of nitrogens with one attached hydrogen (secondary N) is 1. The van der Waals surface area contributed by atoms with Crippen molar-refractivity contribution in [2.24, 2.45) is 0 Å². The predicted molar refractivity (Wildman–Crippen MR) is 123 cm³/mol. The van der Waals surface area contributed by atoms with Crippen molar-refractivity contribution < 1.29 is 13.2 Å². The molecule has 2 aromatic carbocycles. The molecule has 168 valence electrons. The molecule has 4 rings (SSSR count). The SMILES string of the molecule is Cc1ccc(S(=O)(=O)N2CCC(NC(=O)c3cnn(Cc4ccccc4Cl)c3)CC2)cc1. The normalized spacial score (nSPS) is 15.6. The molecule has 1 N–H and O–H groups in total. The van der Waals surface area contributed by atoms with Gasteiger partial charge in [-0.05, 0) is 43.5 Å². The van der Waals surface area contributed by atoms with E-state index < -0.39 is 10.0 Å². The van der Waals surface area contributed by atoms with Crippen molar-refractivity contribution in [2.45, 2.75) is 37.2 Å². The first-order valence-electron chi connectivity index (χ1n) is 10.5. The third-order valence-corrected chi connectivity index (χ3v) is 7.92. The molecule has 0 aliphatic carbocycles. The van der Waals surface area contributed by atoms with Crippen LogP contribution in [0.3, 0.4) is 0 Å². The predicted octanol–water partition coefficient (Wildman–Crippen LogP) is 3.48. The Kier molecular flexibility index (Phi) is 6.64. The lowest BCUT2D eigenvalue weighted by Crippen LogP contribution is -2.46. The highest BCUT2D eigenvalue weighted by molar-refractivity contribution is 7.89. The first-order chi connectivity index (χ1) is 15.3. The van der Waals surface area contributed by atoms with E-state index in [1.807, 2.05) is 31.2 Å². The van der Waals surface area contributed by atoms with Gasteiger partial charge in [-0.15, -0.1) is 0 Å². The van der Waals surface area contributed by atoms with Crippen LogP contribution in [0.15, 0.2) is 65.8 Å². The van der Waals surface area contributed by atoms with Crippen LogP contribution in [0.25, 0.3) is 0 Å². The second-order valence-electron chi connectivity index (χ2n) is 7.98. The molecule has 1 aliphatic rings. The van der Waals surface area contributed by atoms with E-state index >= 15 is 0 Å². The topological polar surface area (TPSA) is 84.3 Å². The summed E-state index contributed by atoms with van der Waals surface area (Å²) in [5.74, 6) is -0.213. The molecular weight excluding hydrogens is 448 g/mol. The third kappa shape index (κ3) is 5.03. The first-order valence-corrected chi connectivity index (χ1v) is 12.3. The minimum absolute atomic E-state index is 0.0844. The molecular formula is C23H25ClN4O3S. The van der Waals surface area contributed by atoms with E-state index in [4.69, 9.17) is 11.6 Å². The average Bonchev–Trinajstić information content (AvgIpc) is 3.25. The maximum absolute atomic E-state index is 12.8. The molecule has 0 radical (unpaired) electrons. The van der Waals surface area contributed by atoms with Gasteiger partial charge in [-0.25, -0.2) is 8.42 Å². The van der Waals surface area contributed by atoms with Crippen molar-refractivity contribution >= 4 is 27.5 Å². The van der Waals surface area contributed by atoms with Crippen LogP contribution >= 0.6 is 11.6 Å². The Morgan fingerprint density at radius 3 is 2.50 bits per heavy atom. The summed E-state index contributed by atoms with van der Waals surface area (Å²) in [6, 6.07) is 14.3. The van der Waals surface area contributed by atoms with Gasteiger partial charge in [-0.1, -0.05) is 47.5 Å². The summed E-state index contributed by atoms with van der Waals surface area (Å²) in [5.41, 5.74) is 2.40. The number of hydrogen-bond donors (Lipinski definition) is 1. The fourth-order valence-electron chi connectivity index (χ4n) is 3.74. The number of carbonyl (C=O) groups is 1. The van der Waals surface area contributed by atoms with Crippen molar-refractivity contribution in [1.29, 1.82) is 0 Å². The van der Waals surface area contributed by atoms with Crippen molar-refractivity contribution in [3.63, 3.8) is 0 Å². The number of sulfonamides is 1. The molecule has 0 spiro atoms. The Balaban J connectivity index is 1.32. The fraction of sp³-hybridized carbons (Fsp3) is 0.304. The van der Waals surface area contributed by atoms with E-state index in [2.05, 4.69) is 10.4 Å². The van der Waals surface area contributed by atoms with Crippen LogP contribution in [0.4, 0.5) is 0 Å². The average molecular weight is 473 g/mol. The number of amides is 1. The van der Waals surface area contributed by atoms with E-state index in [1.54, 1.807) is 35.1 Å². The Morgan fingerprint density at radius 1 is 1.12 bits per heavy atom. The van der Waals surface area contributed by atoms with Gasteiger partial charge in [0.2, 0.25) is 10.0 Å². The lowest BCUT2D eigenvalue weighted by atomic mass is 10.1. The number of rotatable bonds is 6. The van der Waals surface area contributed by atoms with Gasteiger partial charge in [0.05, 0.1) is 23.2 Å². The van der Waals surface area contributed by atoms with Gasteiger partial charge in [-0.2, -0.15) is 9.40 Å².